The number of halogens is 1. The minimum absolute atomic E-state index is 0.114. The van der Waals surface area contributed by atoms with Crippen LogP contribution in [0.15, 0.2) is 17.0 Å². The van der Waals surface area contributed by atoms with Crippen molar-refractivity contribution in [3.63, 3.8) is 0 Å². The van der Waals surface area contributed by atoms with Crippen LogP contribution in [0.25, 0.3) is 0 Å². The van der Waals surface area contributed by atoms with E-state index in [-0.39, 0.29) is 22.8 Å². The van der Waals surface area contributed by atoms with E-state index in [0.717, 1.165) is 0 Å². The molecule has 0 aliphatic heterocycles. The van der Waals surface area contributed by atoms with Crippen LogP contribution in [-0.2, 0) is 21.0 Å². The van der Waals surface area contributed by atoms with E-state index < -0.39 is 15.1 Å². The van der Waals surface area contributed by atoms with Crippen LogP contribution in [0.3, 0.4) is 0 Å². The largest absolute Gasteiger partial charge is 0.384 e. The molecule has 0 aromatic heterocycles. The quantitative estimate of drug-likeness (QED) is 0.757. The summed E-state index contributed by atoms with van der Waals surface area (Å²) < 4.78 is 29.5. The average Bonchev–Trinajstić information content (AvgIpc) is 2.35. The number of benzene rings is 1. The molecule has 0 radical (unpaired) electrons. The Bertz CT molecular complexity index is 579. The highest BCUT2D eigenvalue weighted by atomic mass is 35.5. The van der Waals surface area contributed by atoms with Gasteiger partial charge >= 0.3 is 0 Å². The lowest BCUT2D eigenvalue weighted by molar-refractivity contribution is 0.108. The molecule has 4 nitrogen and oxygen atoms in total. The van der Waals surface area contributed by atoms with E-state index in [2.05, 4.69) is 0 Å². The minimum Gasteiger partial charge on any atom is -0.384 e. The van der Waals surface area contributed by atoms with Crippen LogP contribution in [-0.4, -0.2) is 33.1 Å². The first-order valence-corrected chi connectivity index (χ1v) is 7.92. The van der Waals surface area contributed by atoms with Crippen LogP contribution < -0.4 is 0 Å². The maximum absolute atomic E-state index is 12.3. The molecule has 0 amide bonds. The molecule has 19 heavy (non-hydrogen) atoms. The molecule has 6 heteroatoms. The lowest BCUT2D eigenvalue weighted by atomic mass is 10.0. The molecular formula is C13H17ClO4S. The number of hydrogen-bond donors (Lipinski definition) is 0. The van der Waals surface area contributed by atoms with E-state index >= 15 is 0 Å². The van der Waals surface area contributed by atoms with Gasteiger partial charge in [-0.25, -0.2) is 8.42 Å². The lowest BCUT2D eigenvalue weighted by Crippen LogP contribution is -2.16. The number of carbonyl (C=O) groups excluding carboxylic acids is 1. The molecular weight excluding hydrogens is 288 g/mol. The molecule has 1 aromatic carbocycles. The smallest absolute Gasteiger partial charge is 0.252 e. The molecule has 106 valence electrons. The van der Waals surface area contributed by atoms with Gasteiger partial charge in [-0.15, -0.1) is 0 Å². The van der Waals surface area contributed by atoms with Gasteiger partial charge in [-0.2, -0.15) is 0 Å². The molecule has 0 bridgehead atoms. The molecule has 0 spiro atoms. The summed E-state index contributed by atoms with van der Waals surface area (Å²) in [6, 6.07) is 3.21. The Morgan fingerprint density at radius 2 is 2.00 bits per heavy atom. The number of sulfone groups is 1. The SMILES string of the molecule is CCc1ccc(C(=O)Cl)c(C)c1S(=O)(=O)CCOC. The Labute approximate surface area is 118 Å². The molecule has 1 aromatic rings. The average molecular weight is 305 g/mol. The van der Waals surface area contributed by atoms with Crippen molar-refractivity contribution < 1.29 is 17.9 Å². The fourth-order valence-electron chi connectivity index (χ4n) is 1.97. The van der Waals surface area contributed by atoms with Gasteiger partial charge in [-0.1, -0.05) is 13.0 Å². The fraction of sp³-hybridized carbons (Fsp3) is 0.462. The Hall–Kier alpha value is -0.910. The number of rotatable bonds is 6. The fourth-order valence-corrected chi connectivity index (χ4v) is 3.95. The highest BCUT2D eigenvalue weighted by molar-refractivity contribution is 7.91. The molecule has 0 saturated carbocycles. The van der Waals surface area contributed by atoms with Gasteiger partial charge in [0.1, 0.15) is 0 Å². The number of methoxy groups -OCH3 is 1. The van der Waals surface area contributed by atoms with Crippen LogP contribution in [0.5, 0.6) is 0 Å². The van der Waals surface area contributed by atoms with E-state index in [1.54, 1.807) is 19.1 Å². The summed E-state index contributed by atoms with van der Waals surface area (Å²) in [5.74, 6) is -0.114. The van der Waals surface area contributed by atoms with Gasteiger partial charge in [0.25, 0.3) is 5.24 Å². The zero-order chi connectivity index (χ0) is 14.6. The predicted octanol–water partition coefficient (Wildman–Crippen LogP) is 2.36. The normalized spacial score (nSPS) is 11.6. The zero-order valence-electron chi connectivity index (χ0n) is 11.2. The Morgan fingerprint density at radius 3 is 2.47 bits per heavy atom. The van der Waals surface area contributed by atoms with Crippen molar-refractivity contribution in [3.05, 3.63) is 28.8 Å². The van der Waals surface area contributed by atoms with E-state index in [9.17, 15) is 13.2 Å². The molecule has 0 fully saturated rings. The maximum Gasteiger partial charge on any atom is 0.252 e. The van der Waals surface area contributed by atoms with Crippen LogP contribution >= 0.6 is 11.6 Å². The second-order valence-corrected chi connectivity index (χ2v) is 6.55. The standard InChI is InChI=1S/C13H17ClO4S/c1-4-10-5-6-11(13(14)15)9(2)12(10)19(16,17)8-7-18-3/h5-6H,4,7-8H2,1-3H3. The first-order valence-electron chi connectivity index (χ1n) is 5.89. The first-order chi connectivity index (χ1) is 8.85. The monoisotopic (exact) mass is 304 g/mol. The molecule has 0 aliphatic carbocycles. The Balaban J connectivity index is 3.47. The van der Waals surface area contributed by atoms with Gasteiger partial charge in [0, 0.05) is 12.7 Å². The van der Waals surface area contributed by atoms with E-state index in [0.29, 0.717) is 17.5 Å². The van der Waals surface area contributed by atoms with Gasteiger partial charge in [-0.3, -0.25) is 4.79 Å². The minimum atomic E-state index is -3.49. The highest BCUT2D eigenvalue weighted by Gasteiger charge is 2.23. The molecule has 0 aliphatic rings. The van der Waals surface area contributed by atoms with Crippen molar-refractivity contribution in [2.45, 2.75) is 25.2 Å². The summed E-state index contributed by atoms with van der Waals surface area (Å²) in [6.07, 6.45) is 0.569. The van der Waals surface area contributed by atoms with Gasteiger partial charge in [-0.05, 0) is 42.1 Å². The molecule has 0 atom stereocenters. The summed E-state index contributed by atoms with van der Waals surface area (Å²) in [6.45, 7) is 3.59. The molecule has 0 heterocycles. The van der Waals surface area contributed by atoms with Gasteiger partial charge in [0.05, 0.1) is 17.3 Å². The van der Waals surface area contributed by atoms with Crippen molar-refractivity contribution in [3.8, 4) is 0 Å². The van der Waals surface area contributed by atoms with Crippen molar-refractivity contribution in [1.29, 1.82) is 0 Å². The van der Waals surface area contributed by atoms with Crippen LogP contribution in [0, 0.1) is 6.92 Å². The van der Waals surface area contributed by atoms with Crippen molar-refractivity contribution in [2.75, 3.05) is 19.5 Å². The van der Waals surface area contributed by atoms with E-state index in [4.69, 9.17) is 16.3 Å². The van der Waals surface area contributed by atoms with Gasteiger partial charge < -0.3 is 4.74 Å². The first kappa shape index (κ1) is 16.1. The third kappa shape index (κ3) is 3.55. The second kappa shape index (κ2) is 6.50. The van der Waals surface area contributed by atoms with E-state index in [1.807, 2.05) is 6.92 Å². The Kier molecular flexibility index (Phi) is 5.52. The topological polar surface area (TPSA) is 60.4 Å². The lowest BCUT2D eigenvalue weighted by Gasteiger charge is -2.14. The number of carbonyl (C=O) groups is 1. The predicted molar refractivity (Wildman–Crippen MR) is 74.7 cm³/mol. The van der Waals surface area contributed by atoms with Crippen LogP contribution in [0.4, 0.5) is 0 Å². The third-order valence-corrected chi connectivity index (χ3v) is 5.05. The summed E-state index contributed by atoms with van der Waals surface area (Å²) in [7, 11) is -2.04. The Morgan fingerprint density at radius 1 is 1.37 bits per heavy atom. The zero-order valence-corrected chi connectivity index (χ0v) is 12.8. The maximum atomic E-state index is 12.3. The van der Waals surface area contributed by atoms with Crippen LogP contribution in [0.1, 0.15) is 28.4 Å². The number of aryl methyl sites for hydroxylation is 1. The van der Waals surface area contributed by atoms with Crippen LogP contribution in [0.2, 0.25) is 0 Å². The summed E-state index contributed by atoms with van der Waals surface area (Å²) in [5, 5.41) is -0.650. The van der Waals surface area contributed by atoms with Crippen molar-refractivity contribution in [2.24, 2.45) is 0 Å². The second-order valence-electron chi connectivity index (χ2n) is 4.17. The molecule has 0 N–H and O–H groups in total. The van der Waals surface area contributed by atoms with Crippen molar-refractivity contribution >= 4 is 26.7 Å². The van der Waals surface area contributed by atoms with Gasteiger partial charge in [0.15, 0.2) is 9.84 Å². The summed E-state index contributed by atoms with van der Waals surface area (Å²) in [5.41, 5.74) is 1.33. The summed E-state index contributed by atoms with van der Waals surface area (Å²) in [4.78, 5) is 11.5. The van der Waals surface area contributed by atoms with E-state index in [1.165, 1.54) is 7.11 Å². The number of ether oxygens (including phenoxy) is 1. The highest BCUT2D eigenvalue weighted by Crippen LogP contribution is 2.26. The molecule has 0 unspecified atom stereocenters. The summed E-state index contributed by atoms with van der Waals surface area (Å²) >= 11 is 5.47. The van der Waals surface area contributed by atoms with Gasteiger partial charge in [0.2, 0.25) is 0 Å². The third-order valence-electron chi connectivity index (χ3n) is 2.95. The molecule has 0 saturated heterocycles. The molecule has 1 rings (SSSR count). The van der Waals surface area contributed by atoms with Crippen molar-refractivity contribution in [1.82, 2.24) is 0 Å². The number of hydrogen-bond acceptors (Lipinski definition) is 4.